The van der Waals surface area contributed by atoms with Crippen LogP contribution < -0.4 is 0 Å². The second-order valence-electron chi connectivity index (χ2n) is 8.77. The monoisotopic (exact) mass is 401 g/mol. The predicted octanol–water partition coefficient (Wildman–Crippen LogP) is 3.71. The fraction of sp³-hybridized carbons (Fsp3) is 1.00. The van der Waals surface area contributed by atoms with Gasteiger partial charge in [0.2, 0.25) is 0 Å². The van der Waals surface area contributed by atoms with Crippen molar-refractivity contribution in [2.45, 2.75) is 78.9 Å². The lowest BCUT2D eigenvalue weighted by atomic mass is 9.87. The van der Waals surface area contributed by atoms with Crippen LogP contribution in [0, 0.1) is 5.41 Å². The summed E-state index contributed by atoms with van der Waals surface area (Å²) in [5.74, 6) is 0. The van der Waals surface area contributed by atoms with Crippen molar-refractivity contribution in [1.29, 1.82) is 0 Å². The molecule has 0 aromatic carbocycles. The molecule has 27 heavy (non-hydrogen) atoms. The Labute approximate surface area is 173 Å². The topological polar surface area (TPSA) is 19.0 Å². The molecule has 0 amide bonds. The van der Waals surface area contributed by atoms with E-state index in [4.69, 9.17) is 4.43 Å². The molecule has 0 spiro atoms. The molecule has 0 aliphatic carbocycles. The van der Waals surface area contributed by atoms with Crippen molar-refractivity contribution in [3.8, 4) is 0 Å². The Morgan fingerprint density at radius 1 is 0.704 bits per heavy atom. The van der Waals surface area contributed by atoms with Gasteiger partial charge in [-0.1, -0.05) is 34.6 Å². The van der Waals surface area contributed by atoms with Gasteiger partial charge < -0.3 is 19.1 Å². The van der Waals surface area contributed by atoms with Gasteiger partial charge in [0.1, 0.15) is 0 Å². The van der Waals surface area contributed by atoms with Crippen LogP contribution in [0.25, 0.3) is 0 Å². The van der Waals surface area contributed by atoms with E-state index in [1.54, 1.807) is 0 Å². The Balaban J connectivity index is 5.32. The third-order valence-corrected chi connectivity index (χ3v) is 7.50. The minimum absolute atomic E-state index is 0.315. The smallest absolute Gasteiger partial charge is 0.162 e. The highest BCUT2D eigenvalue weighted by atomic mass is 28.2. The fourth-order valence-electron chi connectivity index (χ4n) is 4.45. The quantitative estimate of drug-likeness (QED) is 0.326. The molecule has 0 bridgehead atoms. The lowest BCUT2D eigenvalue weighted by molar-refractivity contribution is 0.0888. The first-order valence-corrected chi connectivity index (χ1v) is 13.1. The summed E-state index contributed by atoms with van der Waals surface area (Å²) in [4.78, 5) is 7.68. The van der Waals surface area contributed by atoms with Crippen LogP contribution in [0.3, 0.4) is 0 Å². The van der Waals surface area contributed by atoms with E-state index in [0.29, 0.717) is 11.5 Å². The van der Waals surface area contributed by atoms with Gasteiger partial charge in [0, 0.05) is 31.2 Å². The molecule has 5 heteroatoms. The van der Waals surface area contributed by atoms with Gasteiger partial charge in [-0.3, -0.25) is 0 Å². The molecule has 0 heterocycles. The van der Waals surface area contributed by atoms with Gasteiger partial charge in [-0.2, -0.15) is 0 Å². The molecule has 0 saturated carbocycles. The van der Waals surface area contributed by atoms with E-state index in [0.717, 1.165) is 12.8 Å². The summed E-state index contributed by atoms with van der Waals surface area (Å²) in [5, 5.41) is 0. The largest absolute Gasteiger partial charge is 0.421 e. The summed E-state index contributed by atoms with van der Waals surface area (Å²) in [6, 6.07) is 1.28. The molecule has 0 aromatic rings. The molecule has 0 radical (unpaired) electrons. The highest BCUT2D eigenvalue weighted by Crippen LogP contribution is 2.27. The van der Waals surface area contributed by atoms with Gasteiger partial charge in [-0.15, -0.1) is 0 Å². The third kappa shape index (κ3) is 12.3. The molecule has 0 rings (SSSR count). The Bertz CT molecular complexity index is 303. The molecular formula is C22H51N3OSi. The number of hydrogen-bond acceptors (Lipinski definition) is 4. The molecule has 0 unspecified atom stereocenters. The van der Waals surface area contributed by atoms with Crippen LogP contribution in [0.1, 0.15) is 66.7 Å². The SMILES string of the molecule is CCCN(C)CC(C[SiH2]OC(CC)CC)(CN(C)CCC)CN(C)CCC. The zero-order chi connectivity index (χ0) is 20.7. The van der Waals surface area contributed by atoms with Crippen LogP contribution in [0.2, 0.25) is 6.04 Å². The maximum atomic E-state index is 6.40. The molecule has 0 aromatic heterocycles. The standard InChI is InChI=1S/C22H51N3OSi/c1-9-14-23(6)17-22(18-24(7)15-10-2,19-25(8)16-11-3)20-27-26-21(12-4)13-5/h21H,9-20,27H2,1-8H3. The van der Waals surface area contributed by atoms with Crippen molar-refractivity contribution < 1.29 is 4.43 Å². The number of rotatable bonds is 18. The van der Waals surface area contributed by atoms with Crippen LogP contribution in [0.5, 0.6) is 0 Å². The van der Waals surface area contributed by atoms with E-state index in [1.807, 2.05) is 0 Å². The fourth-order valence-corrected chi connectivity index (χ4v) is 6.28. The van der Waals surface area contributed by atoms with Crippen LogP contribution in [-0.2, 0) is 4.43 Å². The zero-order valence-corrected chi connectivity index (χ0v) is 21.4. The zero-order valence-electron chi connectivity index (χ0n) is 20.0. The second kappa shape index (κ2) is 15.9. The van der Waals surface area contributed by atoms with Crippen molar-refractivity contribution in [3.63, 3.8) is 0 Å². The average Bonchev–Trinajstić information content (AvgIpc) is 2.59. The third-order valence-electron chi connectivity index (χ3n) is 5.53. The first-order chi connectivity index (χ1) is 12.9. The van der Waals surface area contributed by atoms with Crippen LogP contribution in [-0.4, -0.2) is 91.0 Å². The normalized spacial score (nSPS) is 13.3. The summed E-state index contributed by atoms with van der Waals surface area (Å²) in [6.07, 6.45) is 6.46. The summed E-state index contributed by atoms with van der Waals surface area (Å²) >= 11 is 0. The van der Waals surface area contributed by atoms with Gasteiger partial charge >= 0.3 is 0 Å². The minimum atomic E-state index is -0.513. The average molecular weight is 402 g/mol. The molecular weight excluding hydrogens is 350 g/mol. The maximum Gasteiger partial charge on any atom is 0.162 e. The molecule has 164 valence electrons. The summed E-state index contributed by atoms with van der Waals surface area (Å²) < 4.78 is 6.40. The highest BCUT2D eigenvalue weighted by molar-refractivity contribution is 6.27. The minimum Gasteiger partial charge on any atom is -0.421 e. The molecule has 0 fully saturated rings. The van der Waals surface area contributed by atoms with E-state index in [9.17, 15) is 0 Å². The molecule has 0 aliphatic rings. The number of nitrogens with zero attached hydrogens (tertiary/aromatic N) is 3. The molecule has 4 nitrogen and oxygen atoms in total. The Morgan fingerprint density at radius 2 is 1.07 bits per heavy atom. The first-order valence-electron chi connectivity index (χ1n) is 11.5. The Kier molecular flexibility index (Phi) is 16.0. The van der Waals surface area contributed by atoms with Crippen molar-refractivity contribution in [2.24, 2.45) is 5.41 Å². The van der Waals surface area contributed by atoms with E-state index in [-0.39, 0.29) is 0 Å². The van der Waals surface area contributed by atoms with Crippen molar-refractivity contribution in [3.05, 3.63) is 0 Å². The lowest BCUT2D eigenvalue weighted by Gasteiger charge is -2.42. The Hall–Kier alpha value is 0.0569. The van der Waals surface area contributed by atoms with Crippen LogP contribution in [0.4, 0.5) is 0 Å². The highest BCUT2D eigenvalue weighted by Gasteiger charge is 2.34. The predicted molar refractivity (Wildman–Crippen MR) is 125 cm³/mol. The molecule has 0 saturated heterocycles. The molecule has 0 atom stereocenters. The summed E-state index contributed by atoms with van der Waals surface area (Å²) in [7, 11) is 6.41. The summed E-state index contributed by atoms with van der Waals surface area (Å²) in [6.45, 7) is 18.5. The van der Waals surface area contributed by atoms with E-state index in [1.165, 1.54) is 64.6 Å². The van der Waals surface area contributed by atoms with Gasteiger partial charge in [0.25, 0.3) is 0 Å². The van der Waals surface area contributed by atoms with E-state index in [2.05, 4.69) is 70.5 Å². The molecule has 0 aliphatic heterocycles. The number of hydrogen-bond donors (Lipinski definition) is 0. The Morgan fingerprint density at radius 3 is 1.37 bits per heavy atom. The maximum absolute atomic E-state index is 6.40. The van der Waals surface area contributed by atoms with Crippen LogP contribution in [0.15, 0.2) is 0 Å². The van der Waals surface area contributed by atoms with E-state index >= 15 is 0 Å². The van der Waals surface area contributed by atoms with Crippen molar-refractivity contribution in [2.75, 3.05) is 60.4 Å². The van der Waals surface area contributed by atoms with Crippen molar-refractivity contribution >= 4 is 9.76 Å². The van der Waals surface area contributed by atoms with Crippen LogP contribution >= 0.6 is 0 Å². The summed E-state index contributed by atoms with van der Waals surface area (Å²) in [5.41, 5.74) is 0.315. The van der Waals surface area contributed by atoms with E-state index < -0.39 is 9.76 Å². The van der Waals surface area contributed by atoms with Gasteiger partial charge in [-0.05, 0) is 78.9 Å². The van der Waals surface area contributed by atoms with Gasteiger partial charge in [-0.25, -0.2) is 0 Å². The second-order valence-corrected chi connectivity index (χ2v) is 10.0. The molecule has 0 N–H and O–H groups in total. The van der Waals surface area contributed by atoms with Crippen molar-refractivity contribution in [1.82, 2.24) is 14.7 Å². The van der Waals surface area contributed by atoms with Gasteiger partial charge in [0.05, 0.1) is 0 Å². The lowest BCUT2D eigenvalue weighted by Crippen LogP contribution is -2.51. The first kappa shape index (κ1) is 27.1. The van der Waals surface area contributed by atoms with Gasteiger partial charge in [0.15, 0.2) is 9.76 Å².